The van der Waals surface area contributed by atoms with Crippen molar-refractivity contribution >= 4 is 79.4 Å². The van der Waals surface area contributed by atoms with Crippen LogP contribution in [0, 0.1) is 0 Å². The molecule has 5 aromatic rings. The highest BCUT2D eigenvalue weighted by Gasteiger charge is 2.35. The number of hydrogen-bond donors (Lipinski definition) is 1. The number of aliphatic imine (C=N–C) groups is 1. The van der Waals surface area contributed by atoms with Crippen LogP contribution < -0.4 is 19.7 Å². The van der Waals surface area contributed by atoms with E-state index in [0.29, 0.717) is 42.7 Å². The maximum Gasteiger partial charge on any atom is 0.264 e. The number of hydrogen-bond acceptors (Lipinski definition) is 6. The maximum atomic E-state index is 13.4. The van der Waals surface area contributed by atoms with Crippen LogP contribution in [0.2, 0.25) is 10.0 Å². The molecule has 268 valence electrons. The first kappa shape index (κ1) is 35.8. The van der Waals surface area contributed by atoms with Crippen molar-refractivity contribution in [1.29, 1.82) is 0 Å². The summed E-state index contributed by atoms with van der Waals surface area (Å²) in [6, 6.07) is 35.1. The Kier molecular flexibility index (Phi) is 10.6. The van der Waals surface area contributed by atoms with E-state index in [2.05, 4.69) is 98.9 Å². The fourth-order valence-corrected chi connectivity index (χ4v) is 9.40. The van der Waals surface area contributed by atoms with Gasteiger partial charge in [-0.1, -0.05) is 89.9 Å². The minimum absolute atomic E-state index is 0.199. The average molecular weight is 826 g/mol. The van der Waals surface area contributed by atoms with Gasteiger partial charge in [-0.3, -0.25) is 4.79 Å². The van der Waals surface area contributed by atoms with Gasteiger partial charge in [-0.25, -0.2) is 4.99 Å². The molecule has 6 nitrogen and oxygen atoms in total. The third kappa shape index (κ3) is 7.60. The number of thioether (sulfide) groups is 1. The quantitative estimate of drug-likeness (QED) is 0.150. The molecular formula is C43H36BrCl2N3O3S. The second kappa shape index (κ2) is 15.6. The number of amides is 1. The van der Waals surface area contributed by atoms with Crippen molar-refractivity contribution in [3.8, 4) is 11.5 Å². The van der Waals surface area contributed by atoms with Gasteiger partial charge < -0.3 is 19.7 Å². The van der Waals surface area contributed by atoms with Gasteiger partial charge in [0.15, 0.2) is 16.7 Å². The van der Waals surface area contributed by atoms with Crippen molar-refractivity contribution in [1.82, 2.24) is 5.32 Å². The number of anilines is 1. The van der Waals surface area contributed by atoms with Crippen LogP contribution in [-0.2, 0) is 11.4 Å². The number of amidine groups is 1. The maximum absolute atomic E-state index is 13.4. The third-order valence-electron chi connectivity index (χ3n) is 9.90. The van der Waals surface area contributed by atoms with Crippen molar-refractivity contribution in [2.75, 3.05) is 24.6 Å². The molecule has 0 bridgehead atoms. The van der Waals surface area contributed by atoms with Gasteiger partial charge in [0.2, 0.25) is 0 Å². The molecule has 0 unspecified atom stereocenters. The zero-order chi connectivity index (χ0) is 36.5. The second-order valence-corrected chi connectivity index (χ2v) is 16.0. The first-order valence-corrected chi connectivity index (χ1v) is 20.1. The molecule has 0 spiro atoms. The number of ether oxygens (including phenoxy) is 2. The molecule has 0 radical (unpaired) electrons. The van der Waals surface area contributed by atoms with Crippen LogP contribution in [0.5, 0.6) is 11.5 Å². The molecule has 2 atom stereocenters. The Morgan fingerprint density at radius 2 is 1.55 bits per heavy atom. The summed E-state index contributed by atoms with van der Waals surface area (Å²) in [5.74, 6) is 1.43. The zero-order valence-corrected chi connectivity index (χ0v) is 32.9. The Balaban J connectivity index is 1.11. The summed E-state index contributed by atoms with van der Waals surface area (Å²) in [6.07, 6.45) is 3.94. The molecule has 0 saturated carbocycles. The second-order valence-electron chi connectivity index (χ2n) is 13.2. The molecular weight excluding hydrogens is 789 g/mol. The summed E-state index contributed by atoms with van der Waals surface area (Å²) in [5, 5.41) is 4.66. The van der Waals surface area contributed by atoms with Crippen LogP contribution in [0.25, 0.3) is 6.08 Å². The van der Waals surface area contributed by atoms with Gasteiger partial charge in [-0.15, -0.1) is 0 Å². The van der Waals surface area contributed by atoms with Gasteiger partial charge >= 0.3 is 0 Å². The molecule has 1 fully saturated rings. The molecule has 1 saturated heterocycles. The number of benzene rings is 5. The zero-order valence-electron chi connectivity index (χ0n) is 29.0. The number of halogens is 3. The molecule has 8 rings (SSSR count). The minimum atomic E-state index is -0.199. The number of nitrogens with zero attached hydrogens (tertiary/aromatic N) is 2. The third-order valence-corrected chi connectivity index (χ3v) is 12.0. The minimum Gasteiger partial charge on any atom is -0.490 e. The standard InChI is InChI=1S/C43H36BrCl2N3O3S/c1-2-51-38-20-26(19-36(44)41(38)52-25-29-13-14-30(45)22-37(29)46)21-39-42(50)48-43(53-39)47-31-23-34-32(27-9-5-3-6-10-27)15-17-49-18-16-33(35(24-31)40(34)49)28-11-7-4-8-12-28/h3-14,19-24,32-33H,2,15-18,25H2,1H3,(H,47,48,50)/b39-21-/t32-,33-/m1/s1. The van der Waals surface area contributed by atoms with Gasteiger partial charge in [0.05, 0.1) is 21.7 Å². The fraction of sp³-hybridized carbons (Fsp3) is 0.209. The van der Waals surface area contributed by atoms with Gasteiger partial charge in [0.1, 0.15) is 6.61 Å². The first-order chi connectivity index (χ1) is 25.8. The average Bonchev–Trinajstić information content (AvgIpc) is 3.50. The molecule has 3 aliphatic heterocycles. The topological polar surface area (TPSA) is 63.2 Å². The summed E-state index contributed by atoms with van der Waals surface area (Å²) in [6.45, 7) is 4.64. The molecule has 10 heteroatoms. The summed E-state index contributed by atoms with van der Waals surface area (Å²) in [5.41, 5.74) is 9.02. The van der Waals surface area contributed by atoms with E-state index in [-0.39, 0.29) is 24.3 Å². The Bertz CT molecular complexity index is 2180. The van der Waals surface area contributed by atoms with Crippen molar-refractivity contribution in [3.63, 3.8) is 0 Å². The number of carbonyl (C=O) groups excluding carboxylic acids is 1. The molecule has 5 aromatic carbocycles. The van der Waals surface area contributed by atoms with Gasteiger partial charge in [0, 0.05) is 46.2 Å². The van der Waals surface area contributed by atoms with E-state index in [4.69, 9.17) is 37.7 Å². The van der Waals surface area contributed by atoms with E-state index in [1.54, 1.807) is 12.1 Å². The van der Waals surface area contributed by atoms with E-state index in [9.17, 15) is 4.79 Å². The van der Waals surface area contributed by atoms with Crippen LogP contribution in [0.15, 0.2) is 117 Å². The smallest absolute Gasteiger partial charge is 0.264 e. The largest absolute Gasteiger partial charge is 0.490 e. The fourth-order valence-electron chi connectivity index (χ4n) is 7.52. The molecule has 3 aliphatic rings. The summed E-state index contributed by atoms with van der Waals surface area (Å²) < 4.78 is 12.8. The van der Waals surface area contributed by atoms with Crippen LogP contribution in [0.1, 0.15) is 65.0 Å². The van der Waals surface area contributed by atoms with Gasteiger partial charge in [-0.2, -0.15) is 0 Å². The number of rotatable bonds is 9. The normalized spacial score (nSPS) is 19.3. The summed E-state index contributed by atoms with van der Waals surface area (Å²) in [7, 11) is 0. The highest BCUT2D eigenvalue weighted by molar-refractivity contribution is 9.10. The van der Waals surface area contributed by atoms with Crippen LogP contribution in [0.4, 0.5) is 11.4 Å². The van der Waals surface area contributed by atoms with Crippen molar-refractivity contribution < 1.29 is 14.3 Å². The van der Waals surface area contributed by atoms with E-state index < -0.39 is 0 Å². The molecule has 0 aliphatic carbocycles. The van der Waals surface area contributed by atoms with E-state index in [0.717, 1.165) is 42.7 Å². The predicted octanol–water partition coefficient (Wildman–Crippen LogP) is 11.5. The lowest BCUT2D eigenvalue weighted by atomic mass is 9.76. The molecule has 1 amide bonds. The van der Waals surface area contributed by atoms with Gasteiger partial charge in [-0.05, 0) is 118 Å². The Morgan fingerprint density at radius 1 is 0.887 bits per heavy atom. The van der Waals surface area contributed by atoms with Crippen molar-refractivity contribution in [2.45, 2.75) is 38.2 Å². The van der Waals surface area contributed by atoms with Gasteiger partial charge in [0.25, 0.3) is 5.91 Å². The summed E-state index contributed by atoms with van der Waals surface area (Å²) in [4.78, 5) is 21.5. The van der Waals surface area contributed by atoms with Crippen LogP contribution in [-0.4, -0.2) is 30.8 Å². The molecule has 0 aromatic heterocycles. The number of carbonyl (C=O) groups is 1. The lowest BCUT2D eigenvalue weighted by Gasteiger charge is -2.43. The molecule has 53 heavy (non-hydrogen) atoms. The lowest BCUT2D eigenvalue weighted by molar-refractivity contribution is -0.115. The van der Waals surface area contributed by atoms with E-state index >= 15 is 0 Å². The Labute approximate surface area is 332 Å². The predicted molar refractivity (Wildman–Crippen MR) is 221 cm³/mol. The highest BCUT2D eigenvalue weighted by atomic mass is 79.9. The Hall–Kier alpha value is -4.21. The molecule has 3 heterocycles. The van der Waals surface area contributed by atoms with E-state index in [1.165, 1.54) is 39.7 Å². The van der Waals surface area contributed by atoms with Crippen LogP contribution >= 0.6 is 50.9 Å². The van der Waals surface area contributed by atoms with E-state index in [1.807, 2.05) is 31.2 Å². The highest BCUT2D eigenvalue weighted by Crippen LogP contribution is 2.50. The van der Waals surface area contributed by atoms with Crippen molar-refractivity contribution in [2.24, 2.45) is 4.99 Å². The molecule has 1 N–H and O–H groups in total. The number of nitrogens with one attached hydrogen (secondary N) is 1. The van der Waals surface area contributed by atoms with Crippen molar-refractivity contribution in [3.05, 3.63) is 156 Å². The SMILES string of the molecule is CCOc1cc(/C=C2\SC(=Nc3cc4c5c(c3)[C@@H](c3ccccc3)CCN5CC[C@@H]4c3ccccc3)NC2=O)cc(Br)c1OCc1ccc(Cl)cc1Cl. The summed E-state index contributed by atoms with van der Waals surface area (Å²) >= 11 is 17.5. The van der Waals surface area contributed by atoms with Crippen LogP contribution in [0.3, 0.4) is 0 Å². The first-order valence-electron chi connectivity index (χ1n) is 17.7. The monoisotopic (exact) mass is 823 g/mol. The Morgan fingerprint density at radius 3 is 2.17 bits per heavy atom. The lowest BCUT2D eigenvalue weighted by Crippen LogP contribution is -2.37.